The fourth-order valence-corrected chi connectivity index (χ4v) is 1.60. The molecule has 14 heavy (non-hydrogen) atoms. The third-order valence-electron chi connectivity index (χ3n) is 2.19. The first kappa shape index (κ1) is 11.5. The fraction of sp³-hybridized carbons (Fsp3) is 0.400. The van der Waals surface area contributed by atoms with Gasteiger partial charge >= 0.3 is 0 Å². The summed E-state index contributed by atoms with van der Waals surface area (Å²) in [5.41, 5.74) is 6.62. The number of halogens is 1. The van der Waals surface area contributed by atoms with E-state index in [1.165, 1.54) is 0 Å². The average molecular weight is 260 g/mol. The number of phenolic OH excluding ortho intramolecular Hbond substituents is 1. The molecule has 1 rings (SSSR count). The Kier molecular flexibility index (Phi) is 3.92. The van der Waals surface area contributed by atoms with Crippen LogP contribution in [0.1, 0.15) is 24.9 Å². The van der Waals surface area contributed by atoms with Crippen LogP contribution in [0.2, 0.25) is 0 Å². The Hall–Kier alpha value is -0.580. The van der Waals surface area contributed by atoms with Crippen LogP contribution in [0.3, 0.4) is 0 Å². The highest BCUT2D eigenvalue weighted by atomic mass is 79.9. The molecule has 0 radical (unpaired) electrons. The maximum Gasteiger partial charge on any atom is 0.129 e. The van der Waals surface area contributed by atoms with Gasteiger partial charge in [-0.25, -0.2) is 0 Å². The summed E-state index contributed by atoms with van der Waals surface area (Å²) in [5.74, 6) is 0.173. The quantitative estimate of drug-likeness (QED) is 0.777. The lowest BCUT2D eigenvalue weighted by Crippen LogP contribution is -2.25. The van der Waals surface area contributed by atoms with Crippen molar-refractivity contribution in [1.29, 1.82) is 0 Å². The molecule has 1 aromatic rings. The van der Waals surface area contributed by atoms with Crippen molar-refractivity contribution >= 4 is 15.9 Å². The zero-order chi connectivity index (χ0) is 10.7. The Morgan fingerprint density at radius 2 is 2.14 bits per heavy atom. The Morgan fingerprint density at radius 3 is 2.64 bits per heavy atom. The van der Waals surface area contributed by atoms with Gasteiger partial charge in [0.25, 0.3) is 0 Å². The van der Waals surface area contributed by atoms with Crippen molar-refractivity contribution in [3.05, 3.63) is 28.2 Å². The summed E-state index contributed by atoms with van der Waals surface area (Å²) < 4.78 is 0.591. The van der Waals surface area contributed by atoms with Crippen LogP contribution >= 0.6 is 15.9 Å². The zero-order valence-corrected chi connectivity index (χ0v) is 9.53. The summed E-state index contributed by atoms with van der Waals surface area (Å²) in [6.07, 6.45) is 0.0612. The van der Waals surface area contributed by atoms with E-state index in [0.29, 0.717) is 10.9 Å². The van der Waals surface area contributed by atoms with Crippen molar-refractivity contribution in [2.75, 3.05) is 0 Å². The van der Waals surface area contributed by atoms with E-state index in [1.54, 1.807) is 18.2 Å². The molecule has 2 unspecified atom stereocenters. The molecule has 0 fully saturated rings. The van der Waals surface area contributed by atoms with Gasteiger partial charge in [0.1, 0.15) is 5.75 Å². The summed E-state index contributed by atoms with van der Waals surface area (Å²) in [4.78, 5) is 0. The molecule has 0 heterocycles. The van der Waals surface area contributed by atoms with E-state index in [1.807, 2.05) is 6.92 Å². The smallest absolute Gasteiger partial charge is 0.129 e. The lowest BCUT2D eigenvalue weighted by molar-refractivity contribution is 0.140. The molecular weight excluding hydrogens is 246 g/mol. The van der Waals surface area contributed by atoms with Gasteiger partial charge < -0.3 is 15.9 Å². The summed E-state index contributed by atoms with van der Waals surface area (Å²) in [7, 11) is 0. The van der Waals surface area contributed by atoms with Crippen molar-refractivity contribution in [1.82, 2.24) is 0 Å². The molecule has 2 atom stereocenters. The third-order valence-corrected chi connectivity index (χ3v) is 2.82. The maximum absolute atomic E-state index is 9.54. The largest absolute Gasteiger partial charge is 0.507 e. The number of rotatable bonds is 3. The molecule has 1 aromatic carbocycles. The molecule has 0 aliphatic heterocycles. The number of hydrogen-bond acceptors (Lipinski definition) is 3. The van der Waals surface area contributed by atoms with Crippen molar-refractivity contribution < 1.29 is 10.2 Å². The minimum Gasteiger partial charge on any atom is -0.507 e. The van der Waals surface area contributed by atoms with Gasteiger partial charge in [-0.3, -0.25) is 0 Å². The molecule has 0 saturated heterocycles. The first-order valence-corrected chi connectivity index (χ1v) is 5.27. The van der Waals surface area contributed by atoms with E-state index in [9.17, 15) is 10.2 Å². The molecule has 4 N–H and O–H groups in total. The van der Waals surface area contributed by atoms with E-state index in [-0.39, 0.29) is 5.75 Å². The van der Waals surface area contributed by atoms with Crippen molar-refractivity contribution in [3.8, 4) is 5.75 Å². The molecule has 0 aromatic heterocycles. The van der Waals surface area contributed by atoms with Crippen LogP contribution in [0.5, 0.6) is 5.75 Å². The summed E-state index contributed by atoms with van der Waals surface area (Å²) >= 11 is 3.20. The average Bonchev–Trinajstić information content (AvgIpc) is 2.20. The second-order valence-electron chi connectivity index (χ2n) is 3.21. The van der Waals surface area contributed by atoms with E-state index in [2.05, 4.69) is 15.9 Å². The van der Waals surface area contributed by atoms with Gasteiger partial charge in [-0.05, 0) is 40.0 Å². The van der Waals surface area contributed by atoms with Crippen molar-refractivity contribution in [3.63, 3.8) is 0 Å². The molecule has 78 valence electrons. The van der Waals surface area contributed by atoms with Crippen LogP contribution in [0.4, 0.5) is 0 Å². The minimum atomic E-state index is -0.550. The molecule has 3 nitrogen and oxygen atoms in total. The predicted molar refractivity (Wildman–Crippen MR) is 59.0 cm³/mol. The number of aromatic hydroxyl groups is 1. The Bertz CT molecular complexity index is 317. The van der Waals surface area contributed by atoms with Crippen molar-refractivity contribution in [2.24, 2.45) is 5.73 Å². The predicted octanol–water partition coefficient (Wildman–Crippen LogP) is 1.93. The molecule has 0 saturated carbocycles. The number of nitrogens with two attached hydrogens (primary N) is 1. The highest BCUT2D eigenvalue weighted by molar-refractivity contribution is 9.10. The Labute approximate surface area is 91.7 Å². The highest BCUT2D eigenvalue weighted by Gasteiger charge is 2.15. The van der Waals surface area contributed by atoms with Crippen LogP contribution in [0.25, 0.3) is 0 Å². The molecule has 0 aliphatic rings. The topological polar surface area (TPSA) is 66.5 Å². The van der Waals surface area contributed by atoms with Gasteiger partial charge in [0.15, 0.2) is 0 Å². The van der Waals surface area contributed by atoms with E-state index in [4.69, 9.17) is 5.73 Å². The Balaban J connectivity index is 2.91. The van der Waals surface area contributed by atoms with Crippen LogP contribution in [0.15, 0.2) is 22.7 Å². The zero-order valence-electron chi connectivity index (χ0n) is 7.94. The van der Waals surface area contributed by atoms with Gasteiger partial charge in [-0.15, -0.1) is 0 Å². The second kappa shape index (κ2) is 4.77. The number of aliphatic hydroxyl groups is 1. The molecule has 0 spiro atoms. The molecular formula is C10H14BrNO2. The van der Waals surface area contributed by atoms with Gasteiger partial charge in [-0.2, -0.15) is 0 Å². The monoisotopic (exact) mass is 259 g/mol. The normalized spacial score (nSPS) is 15.1. The summed E-state index contributed by atoms with van der Waals surface area (Å²) in [6, 6.07) is 4.58. The third kappa shape index (κ3) is 2.47. The number of aliphatic hydroxyl groups excluding tert-OH is 1. The standard InChI is InChI=1S/C10H14BrNO2/c1-2-8(13)10(12)6-3-4-9(14)7(11)5-6/h3-5,8,10,13-14H,2,12H2,1H3. The Morgan fingerprint density at radius 1 is 1.50 bits per heavy atom. The highest BCUT2D eigenvalue weighted by Crippen LogP contribution is 2.27. The summed E-state index contributed by atoms with van der Waals surface area (Å²) in [6.45, 7) is 1.87. The maximum atomic E-state index is 9.54. The SMILES string of the molecule is CCC(O)C(N)c1ccc(O)c(Br)c1. The van der Waals surface area contributed by atoms with E-state index in [0.717, 1.165) is 5.56 Å². The number of hydrogen-bond donors (Lipinski definition) is 3. The van der Waals surface area contributed by atoms with E-state index < -0.39 is 12.1 Å². The van der Waals surface area contributed by atoms with Gasteiger partial charge in [0, 0.05) is 0 Å². The second-order valence-corrected chi connectivity index (χ2v) is 4.07. The van der Waals surface area contributed by atoms with Crippen molar-refractivity contribution in [2.45, 2.75) is 25.5 Å². The molecule has 0 bridgehead atoms. The van der Waals surface area contributed by atoms with Gasteiger partial charge in [0.05, 0.1) is 16.6 Å². The molecule has 0 amide bonds. The fourth-order valence-electron chi connectivity index (χ4n) is 1.21. The molecule has 0 aliphatic carbocycles. The first-order valence-electron chi connectivity index (χ1n) is 4.48. The first-order chi connectivity index (χ1) is 6.56. The van der Waals surface area contributed by atoms with Gasteiger partial charge in [0.2, 0.25) is 0 Å². The van der Waals surface area contributed by atoms with Crippen LogP contribution in [-0.4, -0.2) is 16.3 Å². The number of benzene rings is 1. The van der Waals surface area contributed by atoms with Crippen LogP contribution < -0.4 is 5.73 Å². The van der Waals surface area contributed by atoms with Crippen LogP contribution in [0, 0.1) is 0 Å². The summed E-state index contributed by atoms with van der Waals surface area (Å²) in [5, 5.41) is 18.8. The van der Waals surface area contributed by atoms with E-state index >= 15 is 0 Å². The van der Waals surface area contributed by atoms with Gasteiger partial charge in [-0.1, -0.05) is 13.0 Å². The van der Waals surface area contributed by atoms with Crippen LogP contribution in [-0.2, 0) is 0 Å². The number of phenols is 1. The molecule has 4 heteroatoms. The minimum absolute atomic E-state index is 0.173. The lowest BCUT2D eigenvalue weighted by Gasteiger charge is -2.17. The lowest BCUT2D eigenvalue weighted by atomic mass is 10.0.